The summed E-state index contributed by atoms with van der Waals surface area (Å²) in [4.78, 5) is 26.8. The summed E-state index contributed by atoms with van der Waals surface area (Å²) in [7, 11) is 0. The van der Waals surface area contributed by atoms with Crippen molar-refractivity contribution in [2.75, 3.05) is 30.0 Å². The highest BCUT2D eigenvalue weighted by atomic mass is 35.5. The molecule has 2 aromatic rings. The molecule has 7 heteroatoms. The third kappa shape index (κ3) is 3.45. The van der Waals surface area contributed by atoms with Gasteiger partial charge in [-0.05, 0) is 36.8 Å². The van der Waals surface area contributed by atoms with E-state index in [0.717, 1.165) is 5.56 Å². The van der Waals surface area contributed by atoms with Gasteiger partial charge in [0.05, 0.1) is 5.92 Å². The lowest BCUT2D eigenvalue weighted by Crippen LogP contribution is -2.28. The van der Waals surface area contributed by atoms with Crippen LogP contribution in [0.25, 0.3) is 0 Å². The Hall–Kier alpha value is -2.73. The first kappa shape index (κ1) is 17.7. The molecule has 6 nitrogen and oxygen atoms in total. The number of benzene rings is 2. The molecule has 2 heterocycles. The minimum Gasteiger partial charge on any atom is -0.486 e. The Kier molecular flexibility index (Phi) is 4.66. The topological polar surface area (TPSA) is 67.9 Å². The van der Waals surface area contributed by atoms with Crippen LogP contribution in [0.15, 0.2) is 36.4 Å². The van der Waals surface area contributed by atoms with Gasteiger partial charge in [-0.15, -0.1) is 0 Å². The van der Waals surface area contributed by atoms with Crippen LogP contribution in [0.5, 0.6) is 11.5 Å². The molecule has 0 spiro atoms. The number of carbonyl (C=O) groups excluding carboxylic acids is 2. The molecule has 1 atom stereocenters. The first-order chi connectivity index (χ1) is 13.0. The van der Waals surface area contributed by atoms with Crippen LogP contribution >= 0.6 is 11.6 Å². The van der Waals surface area contributed by atoms with Gasteiger partial charge in [0.25, 0.3) is 0 Å². The summed E-state index contributed by atoms with van der Waals surface area (Å²) in [5.41, 5.74) is 2.18. The number of nitrogens with zero attached hydrogens (tertiary/aromatic N) is 1. The number of halogens is 1. The van der Waals surface area contributed by atoms with E-state index in [1.54, 1.807) is 35.2 Å². The van der Waals surface area contributed by atoms with Crippen molar-refractivity contribution < 1.29 is 19.1 Å². The highest BCUT2D eigenvalue weighted by Gasteiger charge is 2.35. The van der Waals surface area contributed by atoms with Crippen LogP contribution in [0.2, 0.25) is 5.02 Å². The number of hydrogen-bond donors (Lipinski definition) is 1. The Morgan fingerprint density at radius 2 is 1.96 bits per heavy atom. The van der Waals surface area contributed by atoms with E-state index >= 15 is 0 Å². The average molecular weight is 387 g/mol. The van der Waals surface area contributed by atoms with E-state index in [2.05, 4.69) is 5.32 Å². The summed E-state index contributed by atoms with van der Waals surface area (Å²) in [6.45, 7) is 3.16. The quantitative estimate of drug-likeness (QED) is 0.877. The molecule has 4 rings (SSSR count). The molecular weight excluding hydrogens is 368 g/mol. The molecule has 2 aliphatic heterocycles. The maximum absolute atomic E-state index is 12.7. The lowest BCUT2D eigenvalue weighted by molar-refractivity contribution is -0.122. The van der Waals surface area contributed by atoms with E-state index in [1.165, 1.54) is 0 Å². The zero-order chi connectivity index (χ0) is 19.0. The van der Waals surface area contributed by atoms with Crippen LogP contribution in [-0.2, 0) is 9.59 Å². The van der Waals surface area contributed by atoms with Crippen LogP contribution in [0.3, 0.4) is 0 Å². The molecule has 1 saturated heterocycles. The van der Waals surface area contributed by atoms with Crippen LogP contribution in [0, 0.1) is 12.8 Å². The summed E-state index contributed by atoms with van der Waals surface area (Å²) in [5, 5.41) is 3.48. The van der Waals surface area contributed by atoms with E-state index < -0.39 is 5.92 Å². The molecule has 1 N–H and O–H groups in total. The molecule has 0 bridgehead atoms. The minimum atomic E-state index is -0.427. The Balaban J connectivity index is 1.49. The molecule has 2 aliphatic rings. The van der Waals surface area contributed by atoms with Gasteiger partial charge in [-0.25, -0.2) is 0 Å². The Labute approximate surface area is 162 Å². The number of ether oxygens (including phenoxy) is 2. The van der Waals surface area contributed by atoms with Crippen molar-refractivity contribution in [3.05, 3.63) is 47.0 Å². The molecule has 0 aliphatic carbocycles. The molecular formula is C20H19ClN2O4. The molecule has 0 saturated carbocycles. The largest absolute Gasteiger partial charge is 0.486 e. The smallest absolute Gasteiger partial charge is 0.229 e. The molecule has 2 amide bonds. The number of anilines is 2. The average Bonchev–Trinajstić information content (AvgIpc) is 3.07. The van der Waals surface area contributed by atoms with E-state index in [9.17, 15) is 9.59 Å². The lowest BCUT2D eigenvalue weighted by atomic mass is 10.1. The van der Waals surface area contributed by atoms with Crippen LogP contribution in [0.4, 0.5) is 11.4 Å². The van der Waals surface area contributed by atoms with E-state index in [-0.39, 0.29) is 18.2 Å². The lowest BCUT2D eigenvalue weighted by Gasteiger charge is -2.22. The normalized spacial score (nSPS) is 18.5. The first-order valence-corrected chi connectivity index (χ1v) is 9.17. The zero-order valence-electron chi connectivity index (χ0n) is 14.8. The fourth-order valence-electron chi connectivity index (χ4n) is 3.31. The van der Waals surface area contributed by atoms with E-state index in [4.69, 9.17) is 21.1 Å². The van der Waals surface area contributed by atoms with Crippen molar-refractivity contribution in [3.63, 3.8) is 0 Å². The van der Waals surface area contributed by atoms with Gasteiger partial charge >= 0.3 is 0 Å². The van der Waals surface area contributed by atoms with Gasteiger partial charge in [-0.1, -0.05) is 17.7 Å². The number of carbonyl (C=O) groups is 2. The Morgan fingerprint density at radius 1 is 1.19 bits per heavy atom. The van der Waals surface area contributed by atoms with Crippen molar-refractivity contribution in [3.8, 4) is 11.5 Å². The van der Waals surface area contributed by atoms with Crippen LogP contribution < -0.4 is 19.7 Å². The second-order valence-electron chi connectivity index (χ2n) is 6.63. The molecule has 2 aromatic carbocycles. The van der Waals surface area contributed by atoms with Gasteiger partial charge in [-0.2, -0.15) is 0 Å². The van der Waals surface area contributed by atoms with Crippen molar-refractivity contribution >= 4 is 34.8 Å². The second kappa shape index (κ2) is 7.12. The van der Waals surface area contributed by atoms with Crippen molar-refractivity contribution in [1.29, 1.82) is 0 Å². The SMILES string of the molecule is Cc1c(Cl)cccc1NC(=O)[C@H]1CC(=O)N(c2ccc3c(c2)OCCO3)C1. The summed E-state index contributed by atoms with van der Waals surface area (Å²) < 4.78 is 11.1. The van der Waals surface area contributed by atoms with Gasteiger partial charge in [0, 0.05) is 35.4 Å². The van der Waals surface area contributed by atoms with E-state index in [1.807, 2.05) is 13.0 Å². The number of nitrogens with one attached hydrogen (secondary N) is 1. The zero-order valence-corrected chi connectivity index (χ0v) is 15.6. The third-order valence-electron chi connectivity index (χ3n) is 4.86. The van der Waals surface area contributed by atoms with E-state index in [0.29, 0.717) is 47.7 Å². The number of amides is 2. The molecule has 0 radical (unpaired) electrons. The number of fused-ring (bicyclic) bond motifs is 1. The fraction of sp³-hybridized carbons (Fsp3) is 0.300. The standard InChI is InChI=1S/C20H19ClN2O4/c1-12-15(21)3-2-4-16(12)22-20(25)13-9-19(24)23(11-13)14-5-6-17-18(10-14)27-8-7-26-17/h2-6,10,13H,7-9,11H2,1H3,(H,22,25)/t13-/m0/s1. The molecule has 27 heavy (non-hydrogen) atoms. The van der Waals surface area contributed by atoms with Crippen LogP contribution in [-0.4, -0.2) is 31.6 Å². The van der Waals surface area contributed by atoms with Gasteiger partial charge < -0.3 is 19.7 Å². The summed E-state index contributed by atoms with van der Waals surface area (Å²) in [6.07, 6.45) is 0.167. The summed E-state index contributed by atoms with van der Waals surface area (Å²) in [6, 6.07) is 10.7. The minimum absolute atomic E-state index is 0.0883. The fourth-order valence-corrected chi connectivity index (χ4v) is 3.48. The molecule has 1 fully saturated rings. The van der Waals surface area contributed by atoms with Gasteiger partial charge in [0.2, 0.25) is 11.8 Å². The van der Waals surface area contributed by atoms with Gasteiger partial charge in [0.15, 0.2) is 11.5 Å². The maximum Gasteiger partial charge on any atom is 0.229 e. The van der Waals surface area contributed by atoms with Crippen molar-refractivity contribution in [2.45, 2.75) is 13.3 Å². The number of hydrogen-bond acceptors (Lipinski definition) is 4. The predicted octanol–water partition coefficient (Wildman–Crippen LogP) is 3.41. The second-order valence-corrected chi connectivity index (χ2v) is 7.04. The monoisotopic (exact) mass is 386 g/mol. The highest BCUT2D eigenvalue weighted by molar-refractivity contribution is 6.31. The predicted molar refractivity (Wildman–Crippen MR) is 103 cm³/mol. The van der Waals surface area contributed by atoms with Crippen molar-refractivity contribution in [2.24, 2.45) is 5.92 Å². The van der Waals surface area contributed by atoms with Crippen LogP contribution in [0.1, 0.15) is 12.0 Å². The molecule has 0 aromatic heterocycles. The third-order valence-corrected chi connectivity index (χ3v) is 5.27. The van der Waals surface area contributed by atoms with Crippen molar-refractivity contribution in [1.82, 2.24) is 0 Å². The Bertz CT molecular complexity index is 915. The summed E-state index contributed by atoms with van der Waals surface area (Å²) >= 11 is 6.11. The molecule has 140 valence electrons. The number of rotatable bonds is 3. The Morgan fingerprint density at radius 3 is 2.78 bits per heavy atom. The molecule has 0 unspecified atom stereocenters. The summed E-state index contributed by atoms with van der Waals surface area (Å²) in [5.74, 6) is 0.587. The maximum atomic E-state index is 12.7. The highest BCUT2D eigenvalue weighted by Crippen LogP contribution is 2.36. The van der Waals surface area contributed by atoms with Gasteiger partial charge in [0.1, 0.15) is 13.2 Å². The van der Waals surface area contributed by atoms with Gasteiger partial charge in [-0.3, -0.25) is 9.59 Å². The first-order valence-electron chi connectivity index (χ1n) is 8.79.